The van der Waals surface area contributed by atoms with Crippen LogP contribution in [0.15, 0.2) is 65.8 Å². The van der Waals surface area contributed by atoms with E-state index < -0.39 is 0 Å². The largest absolute Gasteiger partial charge is 0.325 e. The second kappa shape index (κ2) is 7.75. The number of rotatable bonds is 5. The summed E-state index contributed by atoms with van der Waals surface area (Å²) < 4.78 is 2.27. The topological polar surface area (TPSA) is 30.7 Å². The molecule has 0 N–H and O–H groups in total. The molecule has 0 aliphatic carbocycles. The fraction of sp³-hybridized carbons (Fsp3) is 0.182. The molecule has 2 aromatic carbocycles. The van der Waals surface area contributed by atoms with E-state index in [0.29, 0.717) is 10.3 Å². The van der Waals surface area contributed by atoms with Crippen LogP contribution in [0, 0.1) is 0 Å². The third-order valence-electron chi connectivity index (χ3n) is 4.75. The normalized spacial score (nSPS) is 11.2. The number of aromatic nitrogens is 3. The quantitative estimate of drug-likeness (QED) is 0.234. The van der Waals surface area contributed by atoms with E-state index in [4.69, 9.17) is 16.6 Å². The van der Waals surface area contributed by atoms with Gasteiger partial charge in [-0.1, -0.05) is 84.9 Å². The van der Waals surface area contributed by atoms with Gasteiger partial charge in [-0.25, -0.2) is 9.97 Å². The van der Waals surface area contributed by atoms with Crippen LogP contribution in [-0.4, -0.2) is 20.8 Å². The van der Waals surface area contributed by atoms with E-state index in [9.17, 15) is 0 Å². The van der Waals surface area contributed by atoms with Crippen LogP contribution in [0.25, 0.3) is 22.2 Å². The summed E-state index contributed by atoms with van der Waals surface area (Å²) in [5.41, 5.74) is 5.84. The van der Waals surface area contributed by atoms with Gasteiger partial charge in [0.25, 0.3) is 0 Å². The molecule has 0 bridgehead atoms. The van der Waals surface area contributed by atoms with Crippen molar-refractivity contribution in [2.24, 2.45) is 0 Å². The predicted molar refractivity (Wildman–Crippen MR) is 115 cm³/mol. The average Bonchev–Trinajstić information content (AvgIpc) is 3.07. The first kappa shape index (κ1) is 18.1. The van der Waals surface area contributed by atoms with Gasteiger partial charge in [-0.3, -0.25) is 0 Å². The highest BCUT2D eigenvalue weighted by atomic mass is 35.5. The van der Waals surface area contributed by atoms with Crippen LogP contribution in [0.4, 0.5) is 0 Å². The Hall–Kier alpha value is -2.30. The standard InChI is InChI=1S/C22H20ClN3S/c1-3-17-13-19-20(23)24-22(27-2)25-21(19)26(17)14-16-11-7-8-12-18(16)15-9-5-4-6-10-15/h4-13H,3,14H2,1-2H3. The van der Waals surface area contributed by atoms with Gasteiger partial charge < -0.3 is 4.57 Å². The van der Waals surface area contributed by atoms with Crippen molar-refractivity contribution < 1.29 is 0 Å². The number of hydrogen-bond acceptors (Lipinski definition) is 3. The van der Waals surface area contributed by atoms with Crippen molar-refractivity contribution in [2.75, 3.05) is 6.26 Å². The fourth-order valence-electron chi connectivity index (χ4n) is 3.41. The summed E-state index contributed by atoms with van der Waals surface area (Å²) >= 11 is 7.95. The maximum Gasteiger partial charge on any atom is 0.190 e. The highest BCUT2D eigenvalue weighted by Gasteiger charge is 2.16. The number of nitrogens with zero attached hydrogens (tertiary/aromatic N) is 3. The molecule has 0 amide bonds. The maximum atomic E-state index is 6.44. The van der Waals surface area contributed by atoms with Crippen LogP contribution in [0.2, 0.25) is 5.15 Å². The molecule has 0 spiro atoms. The molecule has 3 nitrogen and oxygen atoms in total. The molecular weight excluding hydrogens is 374 g/mol. The minimum Gasteiger partial charge on any atom is -0.325 e. The van der Waals surface area contributed by atoms with E-state index in [-0.39, 0.29) is 0 Å². The van der Waals surface area contributed by atoms with Gasteiger partial charge in [0.05, 0.1) is 5.39 Å². The Balaban J connectivity index is 1.86. The third-order valence-corrected chi connectivity index (χ3v) is 5.58. The molecule has 0 fully saturated rings. The van der Waals surface area contributed by atoms with Crippen molar-refractivity contribution in [3.05, 3.63) is 77.1 Å². The van der Waals surface area contributed by atoms with Gasteiger partial charge in [0.1, 0.15) is 10.8 Å². The summed E-state index contributed by atoms with van der Waals surface area (Å²) in [6.45, 7) is 2.91. The monoisotopic (exact) mass is 393 g/mol. The molecule has 136 valence electrons. The SMILES string of the molecule is CCc1cc2c(Cl)nc(SC)nc2n1Cc1ccccc1-c1ccccc1. The van der Waals surface area contributed by atoms with Gasteiger partial charge in [-0.15, -0.1) is 0 Å². The van der Waals surface area contributed by atoms with Crippen LogP contribution in [0.5, 0.6) is 0 Å². The highest BCUT2D eigenvalue weighted by Crippen LogP contribution is 2.30. The second-order valence-electron chi connectivity index (χ2n) is 6.34. The van der Waals surface area contributed by atoms with Gasteiger partial charge in [0.15, 0.2) is 5.16 Å². The van der Waals surface area contributed by atoms with Gasteiger partial charge in [-0.2, -0.15) is 0 Å². The lowest BCUT2D eigenvalue weighted by Gasteiger charge is -2.14. The van der Waals surface area contributed by atoms with E-state index in [1.54, 1.807) is 0 Å². The smallest absolute Gasteiger partial charge is 0.190 e. The van der Waals surface area contributed by atoms with Crippen molar-refractivity contribution >= 4 is 34.4 Å². The van der Waals surface area contributed by atoms with Gasteiger partial charge in [0.2, 0.25) is 0 Å². The summed E-state index contributed by atoms with van der Waals surface area (Å²) in [6.07, 6.45) is 2.88. The van der Waals surface area contributed by atoms with Crippen LogP contribution >= 0.6 is 23.4 Å². The predicted octanol–water partition coefficient (Wildman–Crippen LogP) is 6.08. The summed E-state index contributed by atoms with van der Waals surface area (Å²) in [7, 11) is 0. The van der Waals surface area contributed by atoms with Crippen molar-refractivity contribution in [3.8, 4) is 11.1 Å². The molecule has 0 radical (unpaired) electrons. The van der Waals surface area contributed by atoms with Crippen LogP contribution in [0.1, 0.15) is 18.2 Å². The first-order chi connectivity index (χ1) is 13.2. The summed E-state index contributed by atoms with van der Waals surface area (Å²) in [4.78, 5) is 9.14. The molecular formula is C22H20ClN3S. The molecule has 0 aliphatic rings. The Kier molecular flexibility index (Phi) is 5.19. The first-order valence-corrected chi connectivity index (χ1v) is 10.5. The van der Waals surface area contributed by atoms with E-state index in [1.165, 1.54) is 34.1 Å². The Labute approximate surface area is 168 Å². The zero-order chi connectivity index (χ0) is 18.8. The van der Waals surface area contributed by atoms with Gasteiger partial charge in [0, 0.05) is 12.2 Å². The van der Waals surface area contributed by atoms with Crippen molar-refractivity contribution in [1.29, 1.82) is 0 Å². The molecule has 2 aromatic heterocycles. The molecule has 0 saturated carbocycles. The Morgan fingerprint density at radius 3 is 2.48 bits per heavy atom. The number of aryl methyl sites for hydroxylation is 1. The Morgan fingerprint density at radius 1 is 1.00 bits per heavy atom. The van der Waals surface area contributed by atoms with E-state index in [0.717, 1.165) is 24.0 Å². The van der Waals surface area contributed by atoms with E-state index >= 15 is 0 Å². The number of benzene rings is 2. The lowest BCUT2D eigenvalue weighted by atomic mass is 9.99. The maximum absolute atomic E-state index is 6.44. The van der Waals surface area contributed by atoms with E-state index in [1.807, 2.05) is 12.3 Å². The fourth-order valence-corrected chi connectivity index (χ4v) is 4.04. The van der Waals surface area contributed by atoms with Crippen molar-refractivity contribution in [2.45, 2.75) is 25.0 Å². The minimum atomic E-state index is 0.522. The summed E-state index contributed by atoms with van der Waals surface area (Å²) in [5, 5.41) is 2.14. The molecule has 0 aliphatic heterocycles. The first-order valence-electron chi connectivity index (χ1n) is 8.94. The van der Waals surface area contributed by atoms with Crippen molar-refractivity contribution in [1.82, 2.24) is 14.5 Å². The molecule has 4 rings (SSSR count). The second-order valence-corrected chi connectivity index (χ2v) is 7.47. The highest BCUT2D eigenvalue weighted by molar-refractivity contribution is 7.98. The van der Waals surface area contributed by atoms with Gasteiger partial charge >= 0.3 is 0 Å². The molecule has 0 atom stereocenters. The third kappa shape index (κ3) is 3.47. The molecule has 4 aromatic rings. The van der Waals surface area contributed by atoms with Crippen LogP contribution in [0.3, 0.4) is 0 Å². The van der Waals surface area contributed by atoms with Crippen molar-refractivity contribution in [3.63, 3.8) is 0 Å². The van der Waals surface area contributed by atoms with Gasteiger partial charge in [-0.05, 0) is 35.4 Å². The zero-order valence-electron chi connectivity index (χ0n) is 15.3. The molecule has 5 heteroatoms. The zero-order valence-corrected chi connectivity index (χ0v) is 16.9. The number of hydrogen-bond donors (Lipinski definition) is 0. The lowest BCUT2D eigenvalue weighted by molar-refractivity contribution is 0.762. The number of halogens is 1. The Morgan fingerprint density at radius 2 is 1.74 bits per heavy atom. The minimum absolute atomic E-state index is 0.522. The number of fused-ring (bicyclic) bond motifs is 1. The van der Waals surface area contributed by atoms with Crippen LogP contribution < -0.4 is 0 Å². The Bertz CT molecular complexity index is 1090. The molecule has 2 heterocycles. The van der Waals surface area contributed by atoms with Crippen LogP contribution in [-0.2, 0) is 13.0 Å². The summed E-state index contributed by atoms with van der Waals surface area (Å²) in [5.74, 6) is 0. The average molecular weight is 394 g/mol. The molecule has 0 saturated heterocycles. The summed E-state index contributed by atoms with van der Waals surface area (Å²) in [6, 6.07) is 21.2. The molecule has 0 unspecified atom stereocenters. The number of thioether (sulfide) groups is 1. The lowest BCUT2D eigenvalue weighted by Crippen LogP contribution is -2.06. The molecule has 27 heavy (non-hydrogen) atoms. The van der Waals surface area contributed by atoms with E-state index in [2.05, 4.69) is 71.1 Å².